The van der Waals surface area contributed by atoms with Gasteiger partial charge < -0.3 is 15.2 Å². The summed E-state index contributed by atoms with van der Waals surface area (Å²) in [6.45, 7) is 2.57. The lowest BCUT2D eigenvalue weighted by molar-refractivity contribution is 0.0160. The molecule has 1 aromatic rings. The molecule has 1 atom stereocenters. The number of halogens is 2. The molecule has 16 heavy (non-hydrogen) atoms. The summed E-state index contributed by atoms with van der Waals surface area (Å²) in [7, 11) is 0. The van der Waals surface area contributed by atoms with Gasteiger partial charge in [0, 0.05) is 18.5 Å². The van der Waals surface area contributed by atoms with E-state index in [2.05, 4.69) is 0 Å². The molecular weight excluding hydrogens is 216 g/mol. The van der Waals surface area contributed by atoms with Gasteiger partial charge in [0.1, 0.15) is 0 Å². The van der Waals surface area contributed by atoms with Crippen LogP contribution in [0.1, 0.15) is 31.0 Å². The van der Waals surface area contributed by atoms with Crippen molar-refractivity contribution in [3.05, 3.63) is 23.3 Å². The summed E-state index contributed by atoms with van der Waals surface area (Å²) in [5.41, 5.74) is 5.96. The highest BCUT2D eigenvalue weighted by Crippen LogP contribution is 2.41. The second-order valence-electron chi connectivity index (χ2n) is 3.97. The number of hydrogen-bond acceptors (Lipinski definition) is 3. The minimum Gasteiger partial charge on any atom is -0.454 e. The normalized spacial score (nSPS) is 16.3. The van der Waals surface area contributed by atoms with E-state index in [0.29, 0.717) is 17.1 Å². The zero-order chi connectivity index (χ0) is 11.9. The van der Waals surface area contributed by atoms with Crippen molar-refractivity contribution in [1.29, 1.82) is 0 Å². The number of rotatable bonds is 2. The number of benzene rings is 1. The van der Waals surface area contributed by atoms with Crippen molar-refractivity contribution in [3.8, 4) is 11.5 Å². The molecule has 1 aliphatic rings. The molecule has 0 fully saturated rings. The van der Waals surface area contributed by atoms with Crippen LogP contribution < -0.4 is 15.2 Å². The monoisotopic (exact) mass is 229 g/mol. The van der Waals surface area contributed by atoms with Gasteiger partial charge >= 0.3 is 0 Å². The van der Waals surface area contributed by atoms with Gasteiger partial charge in [-0.2, -0.15) is 0 Å². The average Bonchev–Trinajstić information content (AvgIpc) is 2.60. The van der Waals surface area contributed by atoms with E-state index in [1.807, 2.05) is 0 Å². The highest BCUT2D eigenvalue weighted by molar-refractivity contribution is 5.50. The van der Waals surface area contributed by atoms with Crippen LogP contribution in [0.15, 0.2) is 12.1 Å². The Morgan fingerprint density at radius 2 is 1.88 bits per heavy atom. The maximum absolute atomic E-state index is 13.4. The quantitative estimate of drug-likeness (QED) is 0.847. The van der Waals surface area contributed by atoms with Crippen LogP contribution in [0.2, 0.25) is 0 Å². The van der Waals surface area contributed by atoms with Crippen LogP contribution in [0, 0.1) is 0 Å². The third-order valence-electron chi connectivity index (χ3n) is 2.51. The van der Waals surface area contributed by atoms with Gasteiger partial charge in [0.05, 0.1) is 0 Å². The Bertz CT molecular complexity index is 413. The number of nitrogens with two attached hydrogens (primary N) is 1. The maximum atomic E-state index is 13.4. The lowest BCUT2D eigenvalue weighted by Crippen LogP contribution is -2.16. The number of ether oxygens (including phenoxy) is 2. The van der Waals surface area contributed by atoms with Crippen LogP contribution in [0.4, 0.5) is 8.78 Å². The largest absolute Gasteiger partial charge is 0.454 e. The van der Waals surface area contributed by atoms with E-state index in [1.165, 1.54) is 12.1 Å². The first-order chi connectivity index (χ1) is 7.39. The van der Waals surface area contributed by atoms with Crippen molar-refractivity contribution in [2.45, 2.75) is 25.8 Å². The minimum absolute atomic E-state index is 0.0620. The van der Waals surface area contributed by atoms with E-state index in [4.69, 9.17) is 15.2 Å². The molecule has 2 rings (SSSR count). The number of fused-ring (bicyclic) bond motifs is 1. The Morgan fingerprint density at radius 1 is 1.31 bits per heavy atom. The molecule has 0 aliphatic carbocycles. The van der Waals surface area contributed by atoms with Crippen LogP contribution in [0.5, 0.6) is 11.5 Å². The number of alkyl halides is 2. The second kappa shape index (κ2) is 3.59. The van der Waals surface area contributed by atoms with Crippen molar-refractivity contribution in [2.75, 3.05) is 6.79 Å². The summed E-state index contributed by atoms with van der Waals surface area (Å²) < 4.78 is 37.0. The van der Waals surface area contributed by atoms with Crippen LogP contribution in [0.3, 0.4) is 0 Å². The standard InChI is InChI=1S/C11H13F2NO2/c1-6(14)7-3-9-10(16-5-15-9)4-8(7)11(2,12)13/h3-4,6H,5,14H2,1-2H3. The Balaban J connectivity index is 2.58. The fourth-order valence-electron chi connectivity index (χ4n) is 1.71. The second-order valence-corrected chi connectivity index (χ2v) is 3.97. The minimum atomic E-state index is -2.94. The first-order valence-corrected chi connectivity index (χ1v) is 4.97. The SMILES string of the molecule is CC(N)c1cc2c(cc1C(C)(F)F)OCO2. The molecule has 0 radical (unpaired) electrons. The van der Waals surface area contributed by atoms with Gasteiger partial charge in [-0.25, -0.2) is 8.78 Å². The van der Waals surface area contributed by atoms with Gasteiger partial charge in [0.25, 0.3) is 5.92 Å². The molecule has 0 aromatic heterocycles. The highest BCUT2D eigenvalue weighted by atomic mass is 19.3. The van der Waals surface area contributed by atoms with Gasteiger partial charge in [0.2, 0.25) is 6.79 Å². The summed E-state index contributed by atoms with van der Waals surface area (Å²) in [6.07, 6.45) is 0. The van der Waals surface area contributed by atoms with Crippen LogP contribution in [-0.4, -0.2) is 6.79 Å². The lowest BCUT2D eigenvalue weighted by Gasteiger charge is -2.18. The fourth-order valence-corrected chi connectivity index (χ4v) is 1.71. The zero-order valence-corrected chi connectivity index (χ0v) is 9.09. The number of hydrogen-bond donors (Lipinski definition) is 1. The molecular formula is C11H13F2NO2. The van der Waals surface area contributed by atoms with Crippen molar-refractivity contribution < 1.29 is 18.3 Å². The van der Waals surface area contributed by atoms with Gasteiger partial charge in [-0.15, -0.1) is 0 Å². The lowest BCUT2D eigenvalue weighted by atomic mass is 9.97. The van der Waals surface area contributed by atoms with Crippen molar-refractivity contribution in [3.63, 3.8) is 0 Å². The molecule has 0 amide bonds. The summed E-state index contributed by atoms with van der Waals surface area (Å²) in [5.74, 6) is -2.12. The molecule has 1 aliphatic heterocycles. The van der Waals surface area contributed by atoms with Crippen molar-refractivity contribution >= 4 is 0 Å². The third kappa shape index (κ3) is 1.82. The van der Waals surface area contributed by atoms with E-state index in [1.54, 1.807) is 6.92 Å². The van der Waals surface area contributed by atoms with Gasteiger partial charge in [-0.3, -0.25) is 0 Å². The molecule has 2 N–H and O–H groups in total. The first-order valence-electron chi connectivity index (χ1n) is 4.97. The third-order valence-corrected chi connectivity index (χ3v) is 2.51. The highest BCUT2D eigenvalue weighted by Gasteiger charge is 2.31. The molecule has 1 aromatic carbocycles. The molecule has 88 valence electrons. The molecule has 5 heteroatoms. The van der Waals surface area contributed by atoms with E-state index >= 15 is 0 Å². The van der Waals surface area contributed by atoms with Gasteiger partial charge in [-0.1, -0.05) is 0 Å². The molecule has 3 nitrogen and oxygen atoms in total. The maximum Gasteiger partial charge on any atom is 0.270 e. The fraction of sp³-hybridized carbons (Fsp3) is 0.455. The Labute approximate surface area is 92.1 Å². The Morgan fingerprint density at radius 3 is 2.38 bits per heavy atom. The van der Waals surface area contributed by atoms with E-state index in [-0.39, 0.29) is 12.4 Å². The van der Waals surface area contributed by atoms with Gasteiger partial charge in [-0.05, 0) is 24.6 Å². The smallest absolute Gasteiger partial charge is 0.270 e. The molecule has 0 saturated carbocycles. The average molecular weight is 229 g/mol. The summed E-state index contributed by atoms with van der Waals surface area (Å²) in [6, 6.07) is 2.36. The van der Waals surface area contributed by atoms with E-state index in [9.17, 15) is 8.78 Å². The van der Waals surface area contributed by atoms with E-state index < -0.39 is 12.0 Å². The molecule has 0 saturated heterocycles. The van der Waals surface area contributed by atoms with Crippen LogP contribution >= 0.6 is 0 Å². The summed E-state index contributed by atoms with van der Waals surface area (Å²) in [5, 5.41) is 0. The van der Waals surface area contributed by atoms with Gasteiger partial charge in [0.15, 0.2) is 11.5 Å². The summed E-state index contributed by atoms with van der Waals surface area (Å²) >= 11 is 0. The van der Waals surface area contributed by atoms with Crippen LogP contribution in [-0.2, 0) is 5.92 Å². The summed E-state index contributed by atoms with van der Waals surface area (Å²) in [4.78, 5) is 0. The first kappa shape index (κ1) is 11.1. The molecule has 0 bridgehead atoms. The van der Waals surface area contributed by atoms with Crippen molar-refractivity contribution in [2.24, 2.45) is 5.73 Å². The zero-order valence-electron chi connectivity index (χ0n) is 9.09. The molecule has 1 heterocycles. The van der Waals surface area contributed by atoms with E-state index in [0.717, 1.165) is 6.92 Å². The predicted octanol–water partition coefficient (Wildman–Crippen LogP) is 2.55. The van der Waals surface area contributed by atoms with Crippen molar-refractivity contribution in [1.82, 2.24) is 0 Å². The Kier molecular flexibility index (Phi) is 2.50. The Hall–Kier alpha value is -1.36. The molecule has 0 spiro atoms. The predicted molar refractivity (Wildman–Crippen MR) is 54.7 cm³/mol. The van der Waals surface area contributed by atoms with Crippen LogP contribution in [0.25, 0.3) is 0 Å². The molecule has 1 unspecified atom stereocenters. The topological polar surface area (TPSA) is 44.5 Å².